The number of anilines is 1. The van der Waals surface area contributed by atoms with Gasteiger partial charge in [0, 0.05) is 17.9 Å². The topological polar surface area (TPSA) is 79.6 Å². The summed E-state index contributed by atoms with van der Waals surface area (Å²) in [7, 11) is -3.47. The Morgan fingerprint density at radius 3 is 2.50 bits per heavy atom. The van der Waals surface area contributed by atoms with E-state index in [1.165, 1.54) is 10.6 Å². The molecule has 0 saturated carbocycles. The van der Waals surface area contributed by atoms with Crippen molar-refractivity contribution in [1.29, 1.82) is 0 Å². The van der Waals surface area contributed by atoms with E-state index in [9.17, 15) is 13.2 Å². The molecule has 8 heteroatoms. The normalized spacial score (nSPS) is 11.3. The molecule has 0 spiro atoms. The molecule has 0 radical (unpaired) electrons. The van der Waals surface area contributed by atoms with Crippen LogP contribution in [-0.2, 0) is 22.3 Å². The Morgan fingerprint density at radius 2 is 1.84 bits per heavy atom. The maximum Gasteiger partial charge on any atom is 0.251 e. The number of hydrogen-bond acceptors (Lipinski definition) is 5. The van der Waals surface area contributed by atoms with Crippen LogP contribution in [0.1, 0.15) is 32.8 Å². The van der Waals surface area contributed by atoms with Gasteiger partial charge in [0.25, 0.3) is 5.91 Å². The summed E-state index contributed by atoms with van der Waals surface area (Å²) in [6.45, 7) is 4.59. The van der Waals surface area contributed by atoms with Gasteiger partial charge in [-0.1, -0.05) is 24.3 Å². The molecule has 1 amide bonds. The predicted molar refractivity (Wildman–Crippen MR) is 131 cm³/mol. The van der Waals surface area contributed by atoms with Crippen molar-refractivity contribution >= 4 is 33.4 Å². The van der Waals surface area contributed by atoms with Gasteiger partial charge in [-0.15, -0.1) is 0 Å². The standard InChI is InChI=1S/C24H28N2O4S2/c1-18-6-7-19(2)23(15-18)26(32(3,28)29)16-20-8-10-21(11-9-20)24(27)25-12-14-31-17-22-5-4-13-30-22/h4-11,13,15H,12,14,16-17H2,1-3H3,(H,25,27). The maximum absolute atomic E-state index is 12.5. The first-order valence-corrected chi connectivity index (χ1v) is 13.3. The first-order chi connectivity index (χ1) is 15.2. The first-order valence-electron chi connectivity index (χ1n) is 10.3. The molecule has 0 bridgehead atoms. The average molecular weight is 473 g/mol. The number of nitrogens with zero attached hydrogens (tertiary/aromatic N) is 1. The molecule has 0 aliphatic heterocycles. The van der Waals surface area contributed by atoms with E-state index in [1.807, 2.05) is 44.2 Å². The Bertz CT molecular complexity index is 1140. The van der Waals surface area contributed by atoms with E-state index in [0.29, 0.717) is 17.8 Å². The highest BCUT2D eigenvalue weighted by Gasteiger charge is 2.20. The molecule has 0 atom stereocenters. The minimum absolute atomic E-state index is 0.148. The summed E-state index contributed by atoms with van der Waals surface area (Å²) < 4.78 is 31.6. The van der Waals surface area contributed by atoms with E-state index in [4.69, 9.17) is 4.42 Å². The molecule has 0 aliphatic rings. The van der Waals surface area contributed by atoms with Crippen LogP contribution in [0.25, 0.3) is 0 Å². The molecular weight excluding hydrogens is 444 g/mol. The minimum Gasteiger partial charge on any atom is -0.468 e. The highest BCUT2D eigenvalue weighted by Crippen LogP contribution is 2.26. The third kappa shape index (κ3) is 6.64. The molecule has 1 N–H and O–H groups in total. The molecule has 0 unspecified atom stereocenters. The molecule has 2 aromatic carbocycles. The monoisotopic (exact) mass is 472 g/mol. The number of aryl methyl sites for hydroxylation is 2. The zero-order chi connectivity index (χ0) is 23.1. The second kappa shape index (κ2) is 10.7. The number of hydrogen-bond donors (Lipinski definition) is 1. The lowest BCUT2D eigenvalue weighted by Gasteiger charge is -2.25. The fourth-order valence-electron chi connectivity index (χ4n) is 3.20. The van der Waals surface area contributed by atoms with Crippen LogP contribution in [0.15, 0.2) is 65.3 Å². The number of rotatable bonds is 10. The Hall–Kier alpha value is -2.71. The summed E-state index contributed by atoms with van der Waals surface area (Å²) in [5.41, 5.74) is 3.90. The number of carbonyl (C=O) groups excluding carboxylic acids is 1. The maximum atomic E-state index is 12.5. The van der Waals surface area contributed by atoms with Crippen molar-refractivity contribution < 1.29 is 17.6 Å². The highest BCUT2D eigenvalue weighted by molar-refractivity contribution is 7.98. The van der Waals surface area contributed by atoms with Gasteiger partial charge in [-0.3, -0.25) is 9.10 Å². The van der Waals surface area contributed by atoms with Crippen molar-refractivity contribution in [2.75, 3.05) is 22.9 Å². The van der Waals surface area contributed by atoms with Crippen LogP contribution in [0.2, 0.25) is 0 Å². The second-order valence-corrected chi connectivity index (χ2v) is 10.7. The van der Waals surface area contributed by atoms with Gasteiger partial charge in [0.15, 0.2) is 0 Å². The summed E-state index contributed by atoms with van der Waals surface area (Å²) in [6.07, 6.45) is 2.86. The number of benzene rings is 2. The zero-order valence-electron chi connectivity index (χ0n) is 18.5. The third-order valence-electron chi connectivity index (χ3n) is 4.93. The molecule has 32 heavy (non-hydrogen) atoms. The van der Waals surface area contributed by atoms with Gasteiger partial charge in [0.1, 0.15) is 5.76 Å². The van der Waals surface area contributed by atoms with Crippen LogP contribution in [0, 0.1) is 13.8 Å². The molecule has 1 heterocycles. The fourth-order valence-corrected chi connectivity index (χ4v) is 4.90. The summed E-state index contributed by atoms with van der Waals surface area (Å²) in [6, 6.07) is 16.6. The highest BCUT2D eigenvalue weighted by atomic mass is 32.2. The van der Waals surface area contributed by atoms with E-state index < -0.39 is 10.0 Å². The van der Waals surface area contributed by atoms with Gasteiger partial charge >= 0.3 is 0 Å². The van der Waals surface area contributed by atoms with Crippen molar-refractivity contribution in [2.45, 2.75) is 26.1 Å². The van der Waals surface area contributed by atoms with E-state index in [1.54, 1.807) is 42.3 Å². The lowest BCUT2D eigenvalue weighted by molar-refractivity contribution is 0.0956. The molecule has 170 valence electrons. The largest absolute Gasteiger partial charge is 0.468 e. The van der Waals surface area contributed by atoms with Crippen molar-refractivity contribution in [3.8, 4) is 0 Å². The molecule has 3 aromatic rings. The number of carbonyl (C=O) groups is 1. The molecule has 1 aromatic heterocycles. The number of amides is 1. The van der Waals surface area contributed by atoms with Crippen LogP contribution in [0.3, 0.4) is 0 Å². The second-order valence-electron chi connectivity index (χ2n) is 7.64. The van der Waals surface area contributed by atoms with Crippen molar-refractivity contribution in [3.63, 3.8) is 0 Å². The van der Waals surface area contributed by atoms with Crippen molar-refractivity contribution in [1.82, 2.24) is 5.32 Å². The van der Waals surface area contributed by atoms with Crippen LogP contribution >= 0.6 is 11.8 Å². The summed E-state index contributed by atoms with van der Waals surface area (Å²) in [5.74, 6) is 2.32. The lowest BCUT2D eigenvalue weighted by Crippen LogP contribution is -2.30. The van der Waals surface area contributed by atoms with Gasteiger partial charge in [0.05, 0.1) is 30.5 Å². The van der Waals surface area contributed by atoms with Crippen molar-refractivity contribution in [3.05, 3.63) is 88.9 Å². The molecule has 0 fully saturated rings. The Labute approximate surface area is 194 Å². The zero-order valence-corrected chi connectivity index (χ0v) is 20.1. The van der Waals surface area contributed by atoms with Crippen LogP contribution in [0.4, 0.5) is 5.69 Å². The number of nitrogens with one attached hydrogen (secondary N) is 1. The molecule has 3 rings (SSSR count). The SMILES string of the molecule is Cc1ccc(C)c(N(Cc2ccc(C(=O)NCCSCc3ccco3)cc2)S(C)(=O)=O)c1. The van der Waals surface area contributed by atoms with Gasteiger partial charge < -0.3 is 9.73 Å². The predicted octanol–water partition coefficient (Wildman–Crippen LogP) is 4.53. The summed E-state index contributed by atoms with van der Waals surface area (Å²) >= 11 is 1.69. The number of furan rings is 1. The molecular formula is C24H28N2O4S2. The Kier molecular flexibility index (Phi) is 8.04. The van der Waals surface area contributed by atoms with Gasteiger partial charge in [-0.25, -0.2) is 8.42 Å². The average Bonchev–Trinajstić information content (AvgIpc) is 3.27. The van der Waals surface area contributed by atoms with E-state index in [0.717, 1.165) is 34.0 Å². The van der Waals surface area contributed by atoms with Gasteiger partial charge in [0.2, 0.25) is 10.0 Å². The number of thioether (sulfide) groups is 1. The van der Waals surface area contributed by atoms with Crippen LogP contribution in [-0.4, -0.2) is 32.9 Å². The summed E-state index contributed by atoms with van der Waals surface area (Å²) in [4.78, 5) is 12.4. The minimum atomic E-state index is -3.47. The number of sulfonamides is 1. The van der Waals surface area contributed by atoms with E-state index >= 15 is 0 Å². The Balaban J connectivity index is 1.58. The van der Waals surface area contributed by atoms with Gasteiger partial charge in [-0.2, -0.15) is 11.8 Å². The Morgan fingerprint density at radius 1 is 1.09 bits per heavy atom. The van der Waals surface area contributed by atoms with E-state index in [-0.39, 0.29) is 12.5 Å². The third-order valence-corrected chi connectivity index (χ3v) is 7.04. The first kappa shape index (κ1) is 23.9. The van der Waals surface area contributed by atoms with Crippen LogP contribution in [0.5, 0.6) is 0 Å². The quantitative estimate of drug-likeness (QED) is 0.439. The van der Waals surface area contributed by atoms with Crippen molar-refractivity contribution in [2.24, 2.45) is 0 Å². The smallest absolute Gasteiger partial charge is 0.251 e. The molecule has 0 aliphatic carbocycles. The fraction of sp³-hybridized carbons (Fsp3) is 0.292. The van der Waals surface area contributed by atoms with E-state index in [2.05, 4.69) is 5.32 Å². The van der Waals surface area contributed by atoms with Gasteiger partial charge in [-0.05, 0) is 60.9 Å². The lowest BCUT2D eigenvalue weighted by atomic mass is 10.1. The van der Waals surface area contributed by atoms with Crippen LogP contribution < -0.4 is 9.62 Å². The molecule has 6 nitrogen and oxygen atoms in total. The summed E-state index contributed by atoms with van der Waals surface area (Å²) in [5, 5.41) is 2.91. The molecule has 0 saturated heterocycles.